The molecule has 2 saturated heterocycles. The molecule has 1 atom stereocenters. The van der Waals surface area contributed by atoms with E-state index in [4.69, 9.17) is 0 Å². The third-order valence-corrected chi connectivity index (χ3v) is 3.43. The minimum atomic E-state index is 0. The molecule has 0 aromatic carbocycles. The van der Waals surface area contributed by atoms with Gasteiger partial charge >= 0.3 is 0 Å². The van der Waals surface area contributed by atoms with E-state index in [1.165, 1.54) is 45.3 Å². The third kappa shape index (κ3) is 3.58. The van der Waals surface area contributed by atoms with Crippen LogP contribution in [-0.4, -0.2) is 37.6 Å². The molecule has 0 aliphatic carbocycles. The monoisotopic (exact) mass is 240 g/mol. The van der Waals surface area contributed by atoms with Gasteiger partial charge in [0.25, 0.3) is 0 Å². The van der Waals surface area contributed by atoms with Gasteiger partial charge in [0.05, 0.1) is 0 Å². The Kier molecular flexibility index (Phi) is 7.13. The van der Waals surface area contributed by atoms with Gasteiger partial charge in [0.15, 0.2) is 0 Å². The van der Waals surface area contributed by atoms with Crippen molar-refractivity contribution in [1.29, 1.82) is 0 Å². The number of likely N-dealkylation sites (tertiary alicyclic amines) is 1. The van der Waals surface area contributed by atoms with Crippen LogP contribution in [-0.2, 0) is 0 Å². The highest BCUT2D eigenvalue weighted by molar-refractivity contribution is 5.85. The standard InChI is InChI=1S/C10H20N2.2ClH/c1-12-7-4-9(5-8-12)10-3-2-6-11-10;;/h9-11H,2-8H2,1H3;2*1H. The molecule has 0 radical (unpaired) electrons. The van der Waals surface area contributed by atoms with E-state index >= 15 is 0 Å². The van der Waals surface area contributed by atoms with E-state index < -0.39 is 0 Å². The molecule has 0 amide bonds. The van der Waals surface area contributed by atoms with Crippen molar-refractivity contribution < 1.29 is 0 Å². The van der Waals surface area contributed by atoms with E-state index in [2.05, 4.69) is 17.3 Å². The number of nitrogens with one attached hydrogen (secondary N) is 1. The largest absolute Gasteiger partial charge is 0.314 e. The molecule has 14 heavy (non-hydrogen) atoms. The van der Waals surface area contributed by atoms with Crippen molar-refractivity contribution in [2.75, 3.05) is 26.7 Å². The van der Waals surface area contributed by atoms with Crippen LogP contribution in [0.1, 0.15) is 25.7 Å². The molecule has 2 aliphatic heterocycles. The van der Waals surface area contributed by atoms with Crippen LogP contribution >= 0.6 is 24.8 Å². The summed E-state index contributed by atoms with van der Waals surface area (Å²) in [5, 5.41) is 3.62. The van der Waals surface area contributed by atoms with Gasteiger partial charge in [-0.1, -0.05) is 0 Å². The average Bonchev–Trinajstić information content (AvgIpc) is 2.58. The summed E-state index contributed by atoms with van der Waals surface area (Å²) < 4.78 is 0. The maximum absolute atomic E-state index is 3.62. The van der Waals surface area contributed by atoms with E-state index in [1.807, 2.05) is 0 Å². The van der Waals surface area contributed by atoms with Crippen molar-refractivity contribution in [3.8, 4) is 0 Å². The second-order valence-corrected chi connectivity index (χ2v) is 4.34. The van der Waals surface area contributed by atoms with Gasteiger partial charge in [0.2, 0.25) is 0 Å². The predicted octanol–water partition coefficient (Wildman–Crippen LogP) is 1.92. The zero-order valence-corrected chi connectivity index (χ0v) is 10.5. The Balaban J connectivity index is 0.000000845. The fourth-order valence-corrected chi connectivity index (χ4v) is 2.54. The molecule has 0 spiro atoms. The summed E-state index contributed by atoms with van der Waals surface area (Å²) in [5.41, 5.74) is 0. The van der Waals surface area contributed by atoms with Crippen LogP contribution in [0.5, 0.6) is 0 Å². The first kappa shape index (κ1) is 14.5. The van der Waals surface area contributed by atoms with Gasteiger partial charge in [-0.2, -0.15) is 0 Å². The lowest BCUT2D eigenvalue weighted by atomic mass is 9.89. The van der Waals surface area contributed by atoms with Crippen molar-refractivity contribution in [2.45, 2.75) is 31.7 Å². The summed E-state index contributed by atoms with van der Waals surface area (Å²) in [6.45, 7) is 3.88. The number of hydrogen-bond acceptors (Lipinski definition) is 2. The summed E-state index contributed by atoms with van der Waals surface area (Å²) in [6, 6.07) is 0.860. The predicted molar refractivity (Wildman–Crippen MR) is 65.7 cm³/mol. The van der Waals surface area contributed by atoms with E-state index in [0.717, 1.165) is 12.0 Å². The smallest absolute Gasteiger partial charge is 0.00967 e. The summed E-state index contributed by atoms with van der Waals surface area (Å²) in [7, 11) is 2.23. The minimum absolute atomic E-state index is 0. The zero-order valence-electron chi connectivity index (χ0n) is 8.87. The maximum Gasteiger partial charge on any atom is 0.00967 e. The second-order valence-electron chi connectivity index (χ2n) is 4.34. The van der Waals surface area contributed by atoms with Crippen LogP contribution in [0.3, 0.4) is 0 Å². The Morgan fingerprint density at radius 2 is 1.71 bits per heavy atom. The Bertz CT molecular complexity index is 141. The Morgan fingerprint density at radius 3 is 2.21 bits per heavy atom. The minimum Gasteiger partial charge on any atom is -0.314 e. The first-order chi connectivity index (χ1) is 5.86. The topological polar surface area (TPSA) is 15.3 Å². The van der Waals surface area contributed by atoms with Gasteiger partial charge in [0.1, 0.15) is 0 Å². The maximum atomic E-state index is 3.62. The molecule has 1 N–H and O–H groups in total. The van der Waals surface area contributed by atoms with Gasteiger partial charge in [-0.15, -0.1) is 24.8 Å². The summed E-state index contributed by atoms with van der Waals surface area (Å²) in [4.78, 5) is 2.45. The van der Waals surface area contributed by atoms with E-state index in [0.29, 0.717) is 0 Å². The molecule has 2 rings (SSSR count). The molecule has 2 nitrogen and oxygen atoms in total. The number of rotatable bonds is 1. The van der Waals surface area contributed by atoms with Gasteiger partial charge in [0, 0.05) is 6.04 Å². The number of piperidine rings is 1. The van der Waals surface area contributed by atoms with Gasteiger partial charge in [-0.05, 0) is 58.3 Å². The van der Waals surface area contributed by atoms with Crippen molar-refractivity contribution in [2.24, 2.45) is 5.92 Å². The Hall–Kier alpha value is 0.500. The van der Waals surface area contributed by atoms with Crippen molar-refractivity contribution >= 4 is 24.8 Å². The summed E-state index contributed by atoms with van der Waals surface area (Å²) in [6.07, 6.45) is 5.65. The van der Waals surface area contributed by atoms with Gasteiger partial charge in [-0.3, -0.25) is 0 Å². The lowest BCUT2D eigenvalue weighted by Gasteiger charge is -2.32. The molecule has 86 valence electrons. The molecule has 0 saturated carbocycles. The van der Waals surface area contributed by atoms with Crippen LogP contribution in [0.4, 0.5) is 0 Å². The quantitative estimate of drug-likeness (QED) is 0.754. The highest BCUT2D eigenvalue weighted by Crippen LogP contribution is 2.24. The Morgan fingerprint density at radius 1 is 1.07 bits per heavy atom. The lowest BCUT2D eigenvalue weighted by Crippen LogP contribution is -2.39. The second kappa shape index (κ2) is 6.89. The van der Waals surface area contributed by atoms with Crippen LogP contribution in [0, 0.1) is 5.92 Å². The fourth-order valence-electron chi connectivity index (χ4n) is 2.54. The molecule has 0 aromatic heterocycles. The van der Waals surface area contributed by atoms with E-state index in [9.17, 15) is 0 Å². The van der Waals surface area contributed by atoms with Crippen molar-refractivity contribution in [3.05, 3.63) is 0 Å². The first-order valence-electron chi connectivity index (χ1n) is 5.28. The number of halogens is 2. The molecule has 4 heteroatoms. The van der Waals surface area contributed by atoms with Crippen molar-refractivity contribution in [3.63, 3.8) is 0 Å². The molecular weight excluding hydrogens is 219 g/mol. The molecule has 2 fully saturated rings. The normalized spacial score (nSPS) is 29.4. The van der Waals surface area contributed by atoms with Crippen LogP contribution in [0.25, 0.3) is 0 Å². The third-order valence-electron chi connectivity index (χ3n) is 3.43. The first-order valence-corrected chi connectivity index (χ1v) is 5.28. The molecule has 2 heterocycles. The lowest BCUT2D eigenvalue weighted by molar-refractivity contribution is 0.191. The molecule has 2 aliphatic rings. The van der Waals surface area contributed by atoms with Gasteiger partial charge in [-0.25, -0.2) is 0 Å². The highest BCUT2D eigenvalue weighted by atomic mass is 35.5. The number of hydrogen-bond donors (Lipinski definition) is 1. The molecular formula is C10H22Cl2N2. The number of nitrogens with zero attached hydrogens (tertiary/aromatic N) is 1. The summed E-state index contributed by atoms with van der Waals surface area (Å²) >= 11 is 0. The van der Waals surface area contributed by atoms with Crippen LogP contribution < -0.4 is 5.32 Å². The Labute approximate surface area is 99.6 Å². The van der Waals surface area contributed by atoms with Gasteiger partial charge < -0.3 is 10.2 Å². The fraction of sp³-hybridized carbons (Fsp3) is 1.00. The summed E-state index contributed by atoms with van der Waals surface area (Å²) in [5.74, 6) is 0.976. The van der Waals surface area contributed by atoms with E-state index in [1.54, 1.807) is 0 Å². The van der Waals surface area contributed by atoms with Crippen LogP contribution in [0.2, 0.25) is 0 Å². The molecule has 0 bridgehead atoms. The zero-order chi connectivity index (χ0) is 8.39. The van der Waals surface area contributed by atoms with E-state index in [-0.39, 0.29) is 24.8 Å². The van der Waals surface area contributed by atoms with Crippen molar-refractivity contribution in [1.82, 2.24) is 10.2 Å². The highest BCUT2D eigenvalue weighted by Gasteiger charge is 2.26. The van der Waals surface area contributed by atoms with Crippen LogP contribution in [0.15, 0.2) is 0 Å². The molecule has 0 aromatic rings. The average molecular weight is 241 g/mol. The SMILES string of the molecule is CN1CCC(C2CCCN2)CC1.Cl.Cl. The molecule has 1 unspecified atom stereocenters.